The first-order valence-corrected chi connectivity index (χ1v) is 13.7. The Labute approximate surface area is 236 Å². The monoisotopic (exact) mass is 536 g/mol. The van der Waals surface area contributed by atoms with Gasteiger partial charge in [0.25, 0.3) is 0 Å². The first-order chi connectivity index (χ1) is 19.8. The zero-order valence-corrected chi connectivity index (χ0v) is 22.6. The number of ether oxygens (including phenoxy) is 5. The summed E-state index contributed by atoms with van der Waals surface area (Å²) in [6.07, 6.45) is -1.99. The lowest BCUT2D eigenvalue weighted by atomic mass is 9.96. The lowest BCUT2D eigenvalue weighted by Gasteiger charge is -2.42. The molecule has 4 atom stereocenters. The lowest BCUT2D eigenvalue weighted by Crippen LogP contribution is -2.54. The van der Waals surface area contributed by atoms with Crippen molar-refractivity contribution in [3.63, 3.8) is 0 Å². The highest BCUT2D eigenvalue weighted by Gasteiger charge is 2.43. The Morgan fingerprint density at radius 2 is 0.950 bits per heavy atom. The van der Waals surface area contributed by atoms with Gasteiger partial charge in [-0.3, -0.25) is 0 Å². The van der Waals surface area contributed by atoms with Crippen LogP contribution in [0, 0.1) is 0 Å². The number of hydrogen-bond acceptors (Lipinski definition) is 5. The molecule has 206 valence electrons. The fourth-order valence-electron chi connectivity index (χ4n) is 4.68. The molecule has 1 saturated heterocycles. The smallest absolute Gasteiger partial charge is 0.183 e. The van der Waals surface area contributed by atoms with Crippen molar-refractivity contribution in [1.82, 2.24) is 0 Å². The predicted molar refractivity (Wildman–Crippen MR) is 155 cm³/mol. The molecule has 5 rings (SSSR count). The van der Waals surface area contributed by atoms with Crippen LogP contribution < -0.4 is 0 Å². The molecule has 0 saturated carbocycles. The van der Waals surface area contributed by atoms with Crippen LogP contribution in [-0.4, -0.2) is 31.2 Å². The quantitative estimate of drug-likeness (QED) is 0.175. The largest absolute Gasteiger partial charge is 0.374 e. The van der Waals surface area contributed by atoms with Crippen molar-refractivity contribution in [2.45, 2.75) is 51.0 Å². The van der Waals surface area contributed by atoms with E-state index in [1.807, 2.05) is 121 Å². The Bertz CT molecular complexity index is 1280. The maximum Gasteiger partial charge on any atom is 0.183 e. The molecule has 4 aromatic carbocycles. The van der Waals surface area contributed by atoms with Crippen molar-refractivity contribution in [2.24, 2.45) is 0 Å². The molecule has 1 fully saturated rings. The molecule has 0 radical (unpaired) electrons. The van der Waals surface area contributed by atoms with Crippen molar-refractivity contribution < 1.29 is 23.7 Å². The van der Waals surface area contributed by atoms with Crippen molar-refractivity contribution >= 4 is 0 Å². The third-order valence-electron chi connectivity index (χ3n) is 6.83. The van der Waals surface area contributed by atoms with Gasteiger partial charge >= 0.3 is 0 Å². The molecule has 1 aliphatic heterocycles. The summed E-state index contributed by atoms with van der Waals surface area (Å²) in [6, 6.07) is 40.3. The molecular weight excluding hydrogens is 500 g/mol. The van der Waals surface area contributed by atoms with Crippen LogP contribution in [0.1, 0.15) is 22.3 Å². The van der Waals surface area contributed by atoms with Crippen LogP contribution in [0.5, 0.6) is 0 Å². The summed E-state index contributed by atoms with van der Waals surface area (Å²) < 4.78 is 31.9. The third-order valence-corrected chi connectivity index (χ3v) is 6.83. The minimum Gasteiger partial charge on any atom is -0.374 e. The van der Waals surface area contributed by atoms with E-state index >= 15 is 0 Å². The van der Waals surface area contributed by atoms with Gasteiger partial charge in [-0.2, -0.15) is 0 Å². The molecule has 5 nitrogen and oxygen atoms in total. The molecule has 0 unspecified atom stereocenters. The van der Waals surface area contributed by atoms with Gasteiger partial charge in [0.1, 0.15) is 18.3 Å². The fourth-order valence-corrected chi connectivity index (χ4v) is 4.68. The highest BCUT2D eigenvalue weighted by molar-refractivity contribution is 5.19. The Kier molecular flexibility index (Phi) is 10.3. The van der Waals surface area contributed by atoms with Crippen molar-refractivity contribution in [3.8, 4) is 0 Å². The molecule has 0 amide bonds. The van der Waals surface area contributed by atoms with Gasteiger partial charge in [-0.15, -0.1) is 0 Å². The lowest BCUT2D eigenvalue weighted by molar-refractivity contribution is -0.252. The van der Waals surface area contributed by atoms with Crippen LogP contribution in [0.3, 0.4) is 0 Å². The van der Waals surface area contributed by atoms with E-state index in [2.05, 4.69) is 6.58 Å². The molecule has 0 aliphatic carbocycles. The maximum absolute atomic E-state index is 6.52. The summed E-state index contributed by atoms with van der Waals surface area (Å²) in [5, 5.41) is 0. The molecule has 1 heterocycles. The second-order valence-electron chi connectivity index (χ2n) is 9.86. The topological polar surface area (TPSA) is 46.2 Å². The summed E-state index contributed by atoms with van der Waals surface area (Å²) in [4.78, 5) is 0. The van der Waals surface area contributed by atoms with E-state index in [1.165, 1.54) is 0 Å². The molecule has 0 bridgehead atoms. The summed E-state index contributed by atoms with van der Waals surface area (Å²) >= 11 is 0. The van der Waals surface area contributed by atoms with E-state index < -0.39 is 24.6 Å². The molecule has 0 spiro atoms. The Morgan fingerprint density at radius 3 is 1.45 bits per heavy atom. The van der Waals surface area contributed by atoms with Gasteiger partial charge in [0.05, 0.1) is 33.0 Å². The summed E-state index contributed by atoms with van der Waals surface area (Å²) in [5.74, 6) is 0. The molecule has 0 aromatic heterocycles. The third kappa shape index (κ3) is 7.98. The summed E-state index contributed by atoms with van der Waals surface area (Å²) in [5.41, 5.74) is 4.99. The van der Waals surface area contributed by atoms with E-state index in [9.17, 15) is 0 Å². The van der Waals surface area contributed by atoms with Gasteiger partial charge < -0.3 is 23.7 Å². The Morgan fingerprint density at radius 1 is 0.525 bits per heavy atom. The molecule has 4 aromatic rings. The van der Waals surface area contributed by atoms with Crippen molar-refractivity contribution in [2.75, 3.05) is 6.61 Å². The Balaban J connectivity index is 1.35. The maximum atomic E-state index is 6.52. The summed E-state index contributed by atoms with van der Waals surface area (Å²) in [7, 11) is 0. The van der Waals surface area contributed by atoms with Crippen molar-refractivity contribution in [1.29, 1.82) is 0 Å². The molecular formula is C35H36O5. The molecule has 0 N–H and O–H groups in total. The zero-order valence-electron chi connectivity index (χ0n) is 22.6. The van der Waals surface area contributed by atoms with E-state index in [4.69, 9.17) is 23.7 Å². The van der Waals surface area contributed by atoms with Gasteiger partial charge in [0.2, 0.25) is 0 Å². The average Bonchev–Trinajstić information content (AvgIpc) is 3.01. The van der Waals surface area contributed by atoms with Crippen LogP contribution >= 0.6 is 0 Å². The first-order valence-electron chi connectivity index (χ1n) is 13.7. The van der Waals surface area contributed by atoms with Gasteiger partial charge in [-0.1, -0.05) is 128 Å². The van der Waals surface area contributed by atoms with E-state index in [1.54, 1.807) is 0 Å². The van der Waals surface area contributed by atoms with Gasteiger partial charge in [-0.25, -0.2) is 0 Å². The SMILES string of the molecule is C=C1[C@@H](OCc2ccccc2)O[C@H](COCc2ccccc2)[C@@H](OCc2ccccc2)[C@@H]1OCc1ccccc1. The van der Waals surface area contributed by atoms with Crippen LogP contribution in [0.2, 0.25) is 0 Å². The second-order valence-corrected chi connectivity index (χ2v) is 9.86. The van der Waals surface area contributed by atoms with Gasteiger partial charge in [0, 0.05) is 5.57 Å². The minimum atomic E-state index is -0.664. The van der Waals surface area contributed by atoms with Crippen LogP contribution in [0.4, 0.5) is 0 Å². The molecule has 40 heavy (non-hydrogen) atoms. The van der Waals surface area contributed by atoms with Gasteiger partial charge in [0.15, 0.2) is 6.29 Å². The first kappa shape index (κ1) is 28.0. The minimum absolute atomic E-state index is 0.317. The normalized spacial score (nSPS) is 20.9. The summed E-state index contributed by atoms with van der Waals surface area (Å²) in [6.45, 7) is 6.38. The highest BCUT2D eigenvalue weighted by Crippen LogP contribution is 2.32. The molecule has 1 aliphatic rings. The van der Waals surface area contributed by atoms with E-state index in [0.29, 0.717) is 38.6 Å². The highest BCUT2D eigenvalue weighted by atomic mass is 16.7. The average molecular weight is 537 g/mol. The zero-order chi connectivity index (χ0) is 27.4. The van der Waals surface area contributed by atoms with E-state index in [-0.39, 0.29) is 0 Å². The predicted octanol–water partition coefficient (Wildman–Crippen LogP) is 6.87. The van der Waals surface area contributed by atoms with Crippen LogP contribution in [0.25, 0.3) is 0 Å². The number of rotatable bonds is 13. The molecule has 5 heteroatoms. The number of hydrogen-bond donors (Lipinski definition) is 0. The van der Waals surface area contributed by atoms with Crippen LogP contribution in [0.15, 0.2) is 133 Å². The van der Waals surface area contributed by atoms with Crippen LogP contribution in [-0.2, 0) is 50.1 Å². The van der Waals surface area contributed by atoms with Crippen molar-refractivity contribution in [3.05, 3.63) is 156 Å². The van der Waals surface area contributed by atoms with E-state index in [0.717, 1.165) is 22.3 Å². The fraction of sp³-hybridized carbons (Fsp3) is 0.257. The Hall–Kier alpha value is -3.58. The second kappa shape index (κ2) is 14.7. The standard InChI is InChI=1S/C35H36O5/c1-27-33(37-23-29-16-8-3-9-17-29)34(38-24-30-18-10-4-11-19-30)32(26-36-22-28-14-6-2-7-15-28)40-35(27)39-25-31-20-12-5-13-21-31/h2-21,32-35H,1,22-26H2/t32-,33-,34-,35+/m1/s1. The number of benzene rings is 4. The van der Waals surface area contributed by atoms with Gasteiger partial charge in [-0.05, 0) is 22.3 Å².